The molecule has 76 valence electrons. The van der Waals surface area contributed by atoms with Gasteiger partial charge in [-0.25, -0.2) is 9.37 Å². The van der Waals surface area contributed by atoms with E-state index in [1.54, 1.807) is 11.8 Å². The van der Waals surface area contributed by atoms with Crippen LogP contribution in [-0.2, 0) is 0 Å². The Bertz CT molecular complexity index is 324. The summed E-state index contributed by atoms with van der Waals surface area (Å²) in [5.74, 6) is -0.363. The molecule has 0 aliphatic heterocycles. The average molecular weight is 212 g/mol. The zero-order valence-electron chi connectivity index (χ0n) is 7.87. The van der Waals surface area contributed by atoms with Crippen molar-refractivity contribution >= 4 is 17.4 Å². The molecule has 1 saturated carbocycles. The smallest absolute Gasteiger partial charge is 0.143 e. The topological polar surface area (TPSA) is 38.9 Å². The molecule has 2 nitrogen and oxygen atoms in total. The summed E-state index contributed by atoms with van der Waals surface area (Å²) in [5, 5.41) is 1.40. The maximum atomic E-state index is 12.7. The minimum absolute atomic E-state index is 0.363. The van der Waals surface area contributed by atoms with Crippen molar-refractivity contribution in [3.8, 4) is 0 Å². The van der Waals surface area contributed by atoms with E-state index in [4.69, 9.17) is 5.73 Å². The quantitative estimate of drug-likeness (QED) is 0.819. The second-order valence-electron chi connectivity index (χ2n) is 3.57. The molecule has 2 rings (SSSR count). The third-order valence-corrected chi connectivity index (χ3v) is 3.80. The molecular weight excluding hydrogens is 199 g/mol. The predicted molar refractivity (Wildman–Crippen MR) is 56.7 cm³/mol. The minimum Gasteiger partial charge on any atom is -0.396 e. The molecule has 0 radical (unpaired) electrons. The van der Waals surface area contributed by atoms with Crippen LogP contribution in [0.1, 0.15) is 25.7 Å². The van der Waals surface area contributed by atoms with E-state index in [1.165, 1.54) is 37.9 Å². The first-order valence-electron chi connectivity index (χ1n) is 4.83. The lowest BCUT2D eigenvalue weighted by Gasteiger charge is -2.09. The molecule has 14 heavy (non-hydrogen) atoms. The summed E-state index contributed by atoms with van der Waals surface area (Å²) in [6.07, 6.45) is 6.26. The number of nitrogen functional groups attached to an aromatic ring is 1. The van der Waals surface area contributed by atoms with E-state index in [0.29, 0.717) is 10.9 Å². The van der Waals surface area contributed by atoms with Crippen LogP contribution in [-0.4, -0.2) is 10.2 Å². The summed E-state index contributed by atoms with van der Waals surface area (Å²) in [6, 6.07) is 1.34. The van der Waals surface area contributed by atoms with E-state index < -0.39 is 0 Å². The van der Waals surface area contributed by atoms with Crippen molar-refractivity contribution < 1.29 is 4.39 Å². The van der Waals surface area contributed by atoms with Crippen molar-refractivity contribution in [3.05, 3.63) is 18.1 Å². The summed E-state index contributed by atoms with van der Waals surface area (Å²) in [6.45, 7) is 0. The Kier molecular flexibility index (Phi) is 2.91. The molecule has 0 spiro atoms. The number of pyridine rings is 1. The highest BCUT2D eigenvalue weighted by Gasteiger charge is 2.17. The number of nitrogens with zero attached hydrogens (tertiary/aromatic N) is 1. The lowest BCUT2D eigenvalue weighted by molar-refractivity contribution is 0.619. The van der Waals surface area contributed by atoms with Gasteiger partial charge in [0.05, 0.1) is 11.9 Å². The van der Waals surface area contributed by atoms with E-state index in [-0.39, 0.29) is 5.82 Å². The molecule has 0 aromatic carbocycles. The fraction of sp³-hybridized carbons (Fsp3) is 0.500. The van der Waals surface area contributed by atoms with Crippen LogP contribution < -0.4 is 5.73 Å². The van der Waals surface area contributed by atoms with Crippen LogP contribution in [0.3, 0.4) is 0 Å². The minimum atomic E-state index is -0.363. The molecule has 0 atom stereocenters. The van der Waals surface area contributed by atoms with Gasteiger partial charge in [-0.1, -0.05) is 12.8 Å². The van der Waals surface area contributed by atoms with Gasteiger partial charge in [-0.15, -0.1) is 11.8 Å². The summed E-state index contributed by atoms with van der Waals surface area (Å²) < 4.78 is 12.7. The number of nitrogens with two attached hydrogens (primary N) is 1. The normalized spacial score (nSPS) is 17.5. The van der Waals surface area contributed by atoms with Crippen LogP contribution in [0.4, 0.5) is 10.1 Å². The Labute approximate surface area is 87.1 Å². The van der Waals surface area contributed by atoms with Gasteiger partial charge in [0.2, 0.25) is 0 Å². The van der Waals surface area contributed by atoms with Crippen LogP contribution in [0.2, 0.25) is 0 Å². The highest BCUT2D eigenvalue weighted by molar-refractivity contribution is 8.00. The van der Waals surface area contributed by atoms with Gasteiger partial charge in [-0.3, -0.25) is 0 Å². The van der Waals surface area contributed by atoms with Gasteiger partial charge < -0.3 is 5.73 Å². The van der Waals surface area contributed by atoms with E-state index in [0.717, 1.165) is 5.03 Å². The van der Waals surface area contributed by atoms with Gasteiger partial charge in [0.1, 0.15) is 10.8 Å². The highest BCUT2D eigenvalue weighted by atomic mass is 32.2. The Balaban J connectivity index is 2.08. The van der Waals surface area contributed by atoms with Crippen molar-refractivity contribution in [1.29, 1.82) is 0 Å². The fourth-order valence-corrected chi connectivity index (χ4v) is 2.90. The molecule has 0 amide bonds. The number of hydrogen-bond donors (Lipinski definition) is 1. The van der Waals surface area contributed by atoms with Gasteiger partial charge in [0, 0.05) is 11.3 Å². The molecule has 1 aliphatic rings. The summed E-state index contributed by atoms with van der Waals surface area (Å²) >= 11 is 1.68. The van der Waals surface area contributed by atoms with E-state index in [1.807, 2.05) is 0 Å². The van der Waals surface area contributed by atoms with Crippen molar-refractivity contribution in [3.63, 3.8) is 0 Å². The fourth-order valence-electron chi connectivity index (χ4n) is 1.70. The monoisotopic (exact) mass is 212 g/mol. The van der Waals surface area contributed by atoms with Crippen LogP contribution in [0.15, 0.2) is 17.3 Å². The standard InChI is InChI=1S/C10H13FN2S/c11-7-5-9(12)10(13-6-7)14-8-3-1-2-4-8/h5-6,8H,1-4,12H2. The van der Waals surface area contributed by atoms with E-state index >= 15 is 0 Å². The molecule has 1 fully saturated rings. The molecule has 0 saturated heterocycles. The summed E-state index contributed by atoms with van der Waals surface area (Å²) in [5.41, 5.74) is 6.14. The molecule has 1 aromatic rings. The first-order valence-corrected chi connectivity index (χ1v) is 5.71. The van der Waals surface area contributed by atoms with Crippen LogP contribution in [0, 0.1) is 5.82 Å². The Morgan fingerprint density at radius 2 is 2.14 bits per heavy atom. The molecule has 2 N–H and O–H groups in total. The number of anilines is 1. The third-order valence-electron chi connectivity index (χ3n) is 2.43. The van der Waals surface area contributed by atoms with Crippen molar-refractivity contribution in [1.82, 2.24) is 4.98 Å². The Morgan fingerprint density at radius 1 is 1.43 bits per heavy atom. The first-order chi connectivity index (χ1) is 6.75. The average Bonchev–Trinajstić information content (AvgIpc) is 2.62. The lowest BCUT2D eigenvalue weighted by Crippen LogP contribution is -1.99. The Morgan fingerprint density at radius 3 is 2.79 bits per heavy atom. The van der Waals surface area contributed by atoms with Gasteiger partial charge in [-0.05, 0) is 12.8 Å². The van der Waals surface area contributed by atoms with E-state index in [2.05, 4.69) is 4.98 Å². The number of aromatic nitrogens is 1. The molecular formula is C10H13FN2S. The number of halogens is 1. The van der Waals surface area contributed by atoms with Crippen molar-refractivity contribution in [2.45, 2.75) is 36.0 Å². The van der Waals surface area contributed by atoms with Crippen LogP contribution in [0.5, 0.6) is 0 Å². The zero-order valence-corrected chi connectivity index (χ0v) is 8.69. The van der Waals surface area contributed by atoms with Crippen LogP contribution >= 0.6 is 11.8 Å². The second kappa shape index (κ2) is 4.17. The zero-order chi connectivity index (χ0) is 9.97. The predicted octanol–water partition coefficient (Wildman–Crippen LogP) is 2.84. The Hall–Kier alpha value is -0.770. The SMILES string of the molecule is Nc1cc(F)cnc1SC1CCCC1. The van der Waals surface area contributed by atoms with Gasteiger partial charge in [0.15, 0.2) is 0 Å². The number of thioether (sulfide) groups is 1. The maximum absolute atomic E-state index is 12.7. The van der Waals surface area contributed by atoms with Crippen LogP contribution in [0.25, 0.3) is 0 Å². The maximum Gasteiger partial charge on any atom is 0.143 e. The van der Waals surface area contributed by atoms with E-state index in [9.17, 15) is 4.39 Å². The van der Waals surface area contributed by atoms with Gasteiger partial charge in [0.25, 0.3) is 0 Å². The molecule has 4 heteroatoms. The van der Waals surface area contributed by atoms with Gasteiger partial charge >= 0.3 is 0 Å². The molecule has 1 aliphatic carbocycles. The lowest BCUT2D eigenvalue weighted by atomic mass is 10.4. The molecule has 0 bridgehead atoms. The second-order valence-corrected chi connectivity index (χ2v) is 4.86. The third kappa shape index (κ3) is 2.18. The highest BCUT2D eigenvalue weighted by Crippen LogP contribution is 2.35. The summed E-state index contributed by atoms with van der Waals surface area (Å²) in [7, 11) is 0. The summed E-state index contributed by atoms with van der Waals surface area (Å²) in [4.78, 5) is 4.00. The van der Waals surface area contributed by atoms with Gasteiger partial charge in [-0.2, -0.15) is 0 Å². The largest absolute Gasteiger partial charge is 0.396 e. The molecule has 0 unspecified atom stereocenters. The number of rotatable bonds is 2. The molecule has 1 heterocycles. The first kappa shape index (κ1) is 9.77. The van der Waals surface area contributed by atoms with Crippen molar-refractivity contribution in [2.75, 3.05) is 5.73 Å². The molecule has 1 aromatic heterocycles. The number of hydrogen-bond acceptors (Lipinski definition) is 3. The van der Waals surface area contributed by atoms with Crippen molar-refractivity contribution in [2.24, 2.45) is 0 Å².